The molecule has 0 aliphatic carbocycles. The molecule has 0 radical (unpaired) electrons. The Balaban J connectivity index is 0.00000200. The average molecular weight is 313 g/mol. The van der Waals surface area contributed by atoms with Gasteiger partial charge in [-0.3, -0.25) is 9.48 Å². The van der Waals surface area contributed by atoms with Crippen molar-refractivity contribution < 1.29 is 18.0 Å². The number of halogens is 4. The van der Waals surface area contributed by atoms with Gasteiger partial charge in [-0.1, -0.05) is 0 Å². The van der Waals surface area contributed by atoms with Crippen molar-refractivity contribution in [3.05, 3.63) is 12.4 Å². The Labute approximate surface area is 120 Å². The maximum absolute atomic E-state index is 12.1. The second kappa shape index (κ2) is 6.94. The molecule has 1 aliphatic heterocycles. The van der Waals surface area contributed by atoms with E-state index in [4.69, 9.17) is 0 Å². The molecule has 114 valence electrons. The van der Waals surface area contributed by atoms with Crippen LogP contribution in [0.3, 0.4) is 0 Å². The van der Waals surface area contributed by atoms with Gasteiger partial charge in [-0.25, -0.2) is 0 Å². The standard InChI is InChI=1S/C11H15F3N4O.ClH/c12-11(13,14)7-18-6-9(5-16-18)17-10(19)4-8-2-1-3-15-8;/h5-6,8,15H,1-4,7H2,(H,17,19);1H. The van der Waals surface area contributed by atoms with Crippen molar-refractivity contribution in [1.82, 2.24) is 15.1 Å². The van der Waals surface area contributed by atoms with Crippen molar-refractivity contribution in [1.29, 1.82) is 0 Å². The lowest BCUT2D eigenvalue weighted by atomic mass is 10.1. The van der Waals surface area contributed by atoms with Crippen LogP contribution < -0.4 is 10.6 Å². The first-order valence-corrected chi connectivity index (χ1v) is 6.05. The van der Waals surface area contributed by atoms with Gasteiger partial charge in [0.25, 0.3) is 0 Å². The molecule has 1 aromatic rings. The smallest absolute Gasteiger partial charge is 0.323 e. The quantitative estimate of drug-likeness (QED) is 0.893. The molecule has 0 saturated carbocycles. The highest BCUT2D eigenvalue weighted by Gasteiger charge is 2.28. The van der Waals surface area contributed by atoms with E-state index in [0.29, 0.717) is 6.42 Å². The third kappa shape index (κ3) is 5.38. The molecule has 20 heavy (non-hydrogen) atoms. The number of nitrogens with one attached hydrogen (secondary N) is 2. The second-order valence-electron chi connectivity index (χ2n) is 4.59. The van der Waals surface area contributed by atoms with Crippen LogP contribution in [0.5, 0.6) is 0 Å². The minimum absolute atomic E-state index is 0. The van der Waals surface area contributed by atoms with Gasteiger partial charge in [0.2, 0.25) is 5.91 Å². The molecule has 2 N–H and O–H groups in total. The molecule has 1 aromatic heterocycles. The number of aromatic nitrogens is 2. The molecule has 0 spiro atoms. The van der Waals surface area contributed by atoms with E-state index in [1.807, 2.05) is 0 Å². The largest absolute Gasteiger partial charge is 0.408 e. The van der Waals surface area contributed by atoms with Gasteiger partial charge in [-0.05, 0) is 19.4 Å². The Morgan fingerprint density at radius 3 is 2.90 bits per heavy atom. The number of anilines is 1. The van der Waals surface area contributed by atoms with Gasteiger partial charge in [0.15, 0.2) is 0 Å². The SMILES string of the molecule is Cl.O=C(CC1CCCN1)Nc1cnn(CC(F)(F)F)c1. The van der Waals surface area contributed by atoms with Crippen molar-refractivity contribution >= 4 is 24.0 Å². The van der Waals surface area contributed by atoms with Crippen LogP contribution in [0.15, 0.2) is 12.4 Å². The first-order valence-electron chi connectivity index (χ1n) is 6.05. The first kappa shape index (κ1) is 16.8. The maximum atomic E-state index is 12.1. The molecule has 2 heterocycles. The summed E-state index contributed by atoms with van der Waals surface area (Å²) >= 11 is 0. The Hall–Kier alpha value is -1.28. The fraction of sp³-hybridized carbons (Fsp3) is 0.636. The van der Waals surface area contributed by atoms with Gasteiger partial charge in [-0.2, -0.15) is 18.3 Å². The van der Waals surface area contributed by atoms with E-state index >= 15 is 0 Å². The monoisotopic (exact) mass is 312 g/mol. The number of hydrogen-bond donors (Lipinski definition) is 2. The minimum Gasteiger partial charge on any atom is -0.323 e. The van der Waals surface area contributed by atoms with Gasteiger partial charge < -0.3 is 10.6 Å². The number of amides is 1. The normalized spacial score (nSPS) is 18.6. The van der Waals surface area contributed by atoms with Crippen LogP contribution in [0.1, 0.15) is 19.3 Å². The predicted molar refractivity (Wildman–Crippen MR) is 69.8 cm³/mol. The highest BCUT2D eigenvalue weighted by molar-refractivity contribution is 5.90. The van der Waals surface area contributed by atoms with Crippen molar-refractivity contribution in [2.24, 2.45) is 0 Å². The molecular weight excluding hydrogens is 297 g/mol. The van der Waals surface area contributed by atoms with Crippen LogP contribution in [0.2, 0.25) is 0 Å². The number of rotatable bonds is 4. The van der Waals surface area contributed by atoms with E-state index in [0.717, 1.165) is 24.1 Å². The second-order valence-corrected chi connectivity index (χ2v) is 4.59. The van der Waals surface area contributed by atoms with Crippen LogP contribution in [0.4, 0.5) is 18.9 Å². The average Bonchev–Trinajstić information content (AvgIpc) is 2.88. The molecule has 1 saturated heterocycles. The summed E-state index contributed by atoms with van der Waals surface area (Å²) in [5, 5.41) is 9.28. The van der Waals surface area contributed by atoms with Gasteiger partial charge in [-0.15, -0.1) is 12.4 Å². The van der Waals surface area contributed by atoms with E-state index in [2.05, 4.69) is 15.7 Å². The van der Waals surface area contributed by atoms with E-state index in [9.17, 15) is 18.0 Å². The highest BCUT2D eigenvalue weighted by atomic mass is 35.5. The molecule has 1 unspecified atom stereocenters. The third-order valence-corrected chi connectivity index (χ3v) is 2.85. The van der Waals surface area contributed by atoms with Crippen LogP contribution in [0.25, 0.3) is 0 Å². The molecule has 1 atom stereocenters. The number of alkyl halides is 3. The topological polar surface area (TPSA) is 59.0 Å². The summed E-state index contributed by atoms with van der Waals surface area (Å²) in [7, 11) is 0. The van der Waals surface area contributed by atoms with Crippen LogP contribution >= 0.6 is 12.4 Å². The summed E-state index contributed by atoms with van der Waals surface area (Å²) in [6.45, 7) is -0.255. The van der Waals surface area contributed by atoms with E-state index in [1.165, 1.54) is 12.4 Å². The zero-order chi connectivity index (χ0) is 13.9. The van der Waals surface area contributed by atoms with Gasteiger partial charge in [0.1, 0.15) is 6.54 Å². The molecule has 1 aliphatic rings. The number of nitrogens with zero attached hydrogens (tertiary/aromatic N) is 2. The van der Waals surface area contributed by atoms with Gasteiger partial charge in [0.05, 0.1) is 11.9 Å². The Bertz CT molecular complexity index is 443. The summed E-state index contributed by atoms with van der Waals surface area (Å²) < 4.78 is 37.1. The number of carbonyl (C=O) groups excluding carboxylic acids is 1. The van der Waals surface area contributed by atoms with Crippen molar-refractivity contribution in [3.63, 3.8) is 0 Å². The molecule has 2 rings (SSSR count). The predicted octanol–water partition coefficient (Wildman–Crippen LogP) is 1.95. The van der Waals surface area contributed by atoms with E-state index in [1.54, 1.807) is 0 Å². The van der Waals surface area contributed by atoms with Crippen molar-refractivity contribution in [2.45, 2.75) is 38.0 Å². The summed E-state index contributed by atoms with van der Waals surface area (Å²) in [6, 6.07) is 0.158. The lowest BCUT2D eigenvalue weighted by Gasteiger charge is -2.09. The van der Waals surface area contributed by atoms with E-state index < -0.39 is 12.7 Å². The third-order valence-electron chi connectivity index (χ3n) is 2.85. The summed E-state index contributed by atoms with van der Waals surface area (Å²) in [6.07, 6.45) is 0.382. The van der Waals surface area contributed by atoms with Crippen LogP contribution in [-0.4, -0.2) is 34.5 Å². The molecule has 1 amide bonds. The Morgan fingerprint density at radius 1 is 1.55 bits per heavy atom. The zero-order valence-electron chi connectivity index (χ0n) is 10.6. The summed E-state index contributed by atoms with van der Waals surface area (Å²) in [5.41, 5.74) is 0.284. The summed E-state index contributed by atoms with van der Waals surface area (Å²) in [4.78, 5) is 11.7. The van der Waals surface area contributed by atoms with Gasteiger partial charge >= 0.3 is 6.18 Å². The number of carbonyl (C=O) groups is 1. The minimum atomic E-state index is -4.32. The lowest BCUT2D eigenvalue weighted by Crippen LogP contribution is -2.27. The zero-order valence-corrected chi connectivity index (χ0v) is 11.4. The van der Waals surface area contributed by atoms with Crippen LogP contribution in [0, 0.1) is 0 Å². The highest BCUT2D eigenvalue weighted by Crippen LogP contribution is 2.18. The van der Waals surface area contributed by atoms with Crippen molar-refractivity contribution in [3.8, 4) is 0 Å². The lowest BCUT2D eigenvalue weighted by molar-refractivity contribution is -0.142. The Morgan fingerprint density at radius 2 is 2.30 bits per heavy atom. The van der Waals surface area contributed by atoms with Crippen molar-refractivity contribution in [2.75, 3.05) is 11.9 Å². The molecule has 9 heteroatoms. The maximum Gasteiger partial charge on any atom is 0.408 e. The first-order chi connectivity index (χ1) is 8.92. The summed E-state index contributed by atoms with van der Waals surface area (Å²) in [5.74, 6) is -0.217. The molecule has 0 aromatic carbocycles. The fourth-order valence-corrected chi connectivity index (χ4v) is 2.07. The van der Waals surface area contributed by atoms with Gasteiger partial charge in [0, 0.05) is 18.7 Å². The fourth-order valence-electron chi connectivity index (χ4n) is 2.07. The van der Waals surface area contributed by atoms with Crippen LogP contribution in [-0.2, 0) is 11.3 Å². The number of hydrogen-bond acceptors (Lipinski definition) is 3. The molecule has 5 nitrogen and oxygen atoms in total. The van der Waals surface area contributed by atoms with E-state index in [-0.39, 0.29) is 30.0 Å². The molecule has 0 bridgehead atoms. The Kier molecular flexibility index (Phi) is 5.82. The molecular formula is C11H16ClF3N4O. The molecule has 1 fully saturated rings.